The SMILES string of the molecule is FC(F)(F)c1cccc(N2CC=CCC2)n1. The lowest BCUT2D eigenvalue weighted by Gasteiger charge is -2.24. The largest absolute Gasteiger partial charge is 0.433 e. The normalized spacial score (nSPS) is 16.6. The fourth-order valence-electron chi connectivity index (χ4n) is 1.61. The number of anilines is 1. The average molecular weight is 228 g/mol. The predicted octanol–water partition coefficient (Wildman–Crippen LogP) is 2.87. The lowest BCUT2D eigenvalue weighted by molar-refractivity contribution is -0.141. The number of nitrogens with zero attached hydrogens (tertiary/aromatic N) is 2. The van der Waals surface area contributed by atoms with Gasteiger partial charge in [0.25, 0.3) is 0 Å². The number of alkyl halides is 3. The maximum absolute atomic E-state index is 12.4. The predicted molar refractivity (Wildman–Crippen MR) is 55.2 cm³/mol. The highest BCUT2D eigenvalue weighted by atomic mass is 19.4. The van der Waals surface area contributed by atoms with Crippen molar-refractivity contribution in [2.75, 3.05) is 18.0 Å². The number of pyridine rings is 1. The van der Waals surface area contributed by atoms with Crippen LogP contribution in [0.4, 0.5) is 19.0 Å². The van der Waals surface area contributed by atoms with Gasteiger partial charge in [-0.05, 0) is 18.6 Å². The monoisotopic (exact) mass is 228 g/mol. The fraction of sp³-hybridized carbons (Fsp3) is 0.364. The van der Waals surface area contributed by atoms with Crippen LogP contribution in [0.5, 0.6) is 0 Å². The molecule has 0 saturated heterocycles. The number of hydrogen-bond donors (Lipinski definition) is 0. The topological polar surface area (TPSA) is 16.1 Å². The second kappa shape index (κ2) is 4.15. The van der Waals surface area contributed by atoms with E-state index in [2.05, 4.69) is 4.98 Å². The van der Waals surface area contributed by atoms with Gasteiger partial charge in [-0.25, -0.2) is 4.98 Å². The van der Waals surface area contributed by atoms with Crippen molar-refractivity contribution in [1.29, 1.82) is 0 Å². The van der Waals surface area contributed by atoms with Crippen molar-refractivity contribution in [2.24, 2.45) is 0 Å². The van der Waals surface area contributed by atoms with Crippen molar-refractivity contribution < 1.29 is 13.2 Å². The maximum atomic E-state index is 12.4. The summed E-state index contributed by atoms with van der Waals surface area (Å²) in [5.41, 5.74) is -0.834. The maximum Gasteiger partial charge on any atom is 0.433 e. The van der Waals surface area contributed by atoms with Crippen molar-refractivity contribution >= 4 is 5.82 Å². The van der Waals surface area contributed by atoms with Gasteiger partial charge in [0.2, 0.25) is 0 Å². The molecule has 1 aromatic heterocycles. The van der Waals surface area contributed by atoms with E-state index in [9.17, 15) is 13.2 Å². The summed E-state index contributed by atoms with van der Waals surface area (Å²) in [5.74, 6) is 0.388. The summed E-state index contributed by atoms with van der Waals surface area (Å²) in [6, 6.07) is 3.99. The molecule has 2 nitrogen and oxygen atoms in total. The molecule has 0 fully saturated rings. The van der Waals surface area contributed by atoms with Gasteiger partial charge in [-0.15, -0.1) is 0 Å². The van der Waals surface area contributed by atoms with Crippen LogP contribution in [0.2, 0.25) is 0 Å². The molecular weight excluding hydrogens is 217 g/mol. The molecule has 86 valence electrons. The smallest absolute Gasteiger partial charge is 0.353 e. The van der Waals surface area contributed by atoms with E-state index in [1.807, 2.05) is 17.1 Å². The molecule has 0 radical (unpaired) electrons. The molecule has 0 spiro atoms. The zero-order valence-corrected chi connectivity index (χ0v) is 8.54. The molecule has 1 aliphatic heterocycles. The van der Waals surface area contributed by atoms with Gasteiger partial charge in [-0.3, -0.25) is 0 Å². The minimum atomic E-state index is -4.37. The van der Waals surface area contributed by atoms with Gasteiger partial charge in [-0.2, -0.15) is 13.2 Å². The Morgan fingerprint density at radius 2 is 2.00 bits per heavy atom. The van der Waals surface area contributed by atoms with E-state index in [1.165, 1.54) is 6.07 Å². The molecule has 0 unspecified atom stereocenters. The first-order valence-electron chi connectivity index (χ1n) is 5.01. The third-order valence-corrected chi connectivity index (χ3v) is 2.41. The molecule has 1 aliphatic rings. The van der Waals surface area contributed by atoms with E-state index >= 15 is 0 Å². The van der Waals surface area contributed by atoms with Gasteiger partial charge in [0.05, 0.1) is 0 Å². The number of hydrogen-bond acceptors (Lipinski definition) is 2. The summed E-state index contributed by atoms with van der Waals surface area (Å²) in [6.45, 7) is 1.33. The summed E-state index contributed by atoms with van der Waals surface area (Å²) in [4.78, 5) is 5.46. The highest BCUT2D eigenvalue weighted by Crippen LogP contribution is 2.29. The van der Waals surface area contributed by atoms with E-state index in [1.54, 1.807) is 6.07 Å². The Morgan fingerprint density at radius 3 is 2.62 bits per heavy atom. The van der Waals surface area contributed by atoms with Crippen LogP contribution in [0.25, 0.3) is 0 Å². The number of aromatic nitrogens is 1. The molecule has 0 aromatic carbocycles. The first-order valence-corrected chi connectivity index (χ1v) is 5.01. The van der Waals surface area contributed by atoms with Crippen LogP contribution in [0.3, 0.4) is 0 Å². The molecule has 2 heterocycles. The Kier molecular flexibility index (Phi) is 2.85. The Labute approximate surface area is 91.4 Å². The average Bonchev–Trinajstić information content (AvgIpc) is 2.29. The summed E-state index contributed by atoms with van der Waals surface area (Å²) in [7, 11) is 0. The first-order chi connectivity index (χ1) is 7.57. The van der Waals surface area contributed by atoms with E-state index < -0.39 is 11.9 Å². The summed E-state index contributed by atoms with van der Waals surface area (Å²) in [6.07, 6.45) is 0.426. The van der Waals surface area contributed by atoms with Crippen LogP contribution in [0.15, 0.2) is 30.4 Å². The minimum Gasteiger partial charge on any atom is -0.353 e. The number of halogens is 3. The van der Waals surface area contributed by atoms with Crippen molar-refractivity contribution in [2.45, 2.75) is 12.6 Å². The van der Waals surface area contributed by atoms with Gasteiger partial charge >= 0.3 is 6.18 Å². The lowest BCUT2D eigenvalue weighted by Crippen LogP contribution is -2.28. The molecule has 1 aromatic rings. The quantitative estimate of drug-likeness (QED) is 0.687. The van der Waals surface area contributed by atoms with Crippen LogP contribution in [0.1, 0.15) is 12.1 Å². The first kappa shape index (κ1) is 11.0. The van der Waals surface area contributed by atoms with E-state index in [0.29, 0.717) is 18.9 Å². The zero-order valence-electron chi connectivity index (χ0n) is 8.54. The Morgan fingerprint density at radius 1 is 1.19 bits per heavy atom. The van der Waals surface area contributed by atoms with Crippen LogP contribution in [0, 0.1) is 0 Å². The van der Waals surface area contributed by atoms with Gasteiger partial charge in [0.1, 0.15) is 11.5 Å². The van der Waals surface area contributed by atoms with Crippen LogP contribution in [-0.2, 0) is 6.18 Å². The standard InChI is InChI=1S/C11H11F3N2/c12-11(13,14)9-5-4-6-10(15-9)16-7-2-1-3-8-16/h1-2,4-6H,3,7-8H2. The van der Waals surface area contributed by atoms with E-state index in [0.717, 1.165) is 12.5 Å². The summed E-state index contributed by atoms with van der Waals surface area (Å²) < 4.78 is 37.3. The Balaban J connectivity index is 2.25. The van der Waals surface area contributed by atoms with Crippen LogP contribution >= 0.6 is 0 Å². The molecule has 5 heteroatoms. The van der Waals surface area contributed by atoms with Crippen LogP contribution < -0.4 is 4.90 Å². The molecule has 16 heavy (non-hydrogen) atoms. The highest BCUT2D eigenvalue weighted by Gasteiger charge is 2.32. The highest BCUT2D eigenvalue weighted by molar-refractivity contribution is 5.41. The Hall–Kier alpha value is -1.52. The third-order valence-electron chi connectivity index (χ3n) is 2.41. The van der Waals surface area contributed by atoms with E-state index in [-0.39, 0.29) is 0 Å². The lowest BCUT2D eigenvalue weighted by atomic mass is 10.2. The molecule has 2 rings (SSSR count). The van der Waals surface area contributed by atoms with Gasteiger partial charge < -0.3 is 4.90 Å². The zero-order chi connectivity index (χ0) is 11.6. The molecule has 0 aliphatic carbocycles. The number of rotatable bonds is 1. The Bertz CT molecular complexity index is 398. The molecule has 0 atom stereocenters. The fourth-order valence-corrected chi connectivity index (χ4v) is 1.61. The summed E-state index contributed by atoms with van der Waals surface area (Å²) in [5, 5.41) is 0. The van der Waals surface area contributed by atoms with Crippen molar-refractivity contribution in [3.05, 3.63) is 36.0 Å². The van der Waals surface area contributed by atoms with Gasteiger partial charge in [0, 0.05) is 13.1 Å². The van der Waals surface area contributed by atoms with Crippen molar-refractivity contribution in [3.63, 3.8) is 0 Å². The molecule has 0 saturated carbocycles. The second-order valence-electron chi connectivity index (χ2n) is 3.58. The van der Waals surface area contributed by atoms with E-state index in [4.69, 9.17) is 0 Å². The second-order valence-corrected chi connectivity index (χ2v) is 3.58. The van der Waals surface area contributed by atoms with Gasteiger partial charge in [-0.1, -0.05) is 18.2 Å². The van der Waals surface area contributed by atoms with Gasteiger partial charge in [0.15, 0.2) is 0 Å². The molecular formula is C11H11F3N2. The van der Waals surface area contributed by atoms with Crippen LogP contribution in [-0.4, -0.2) is 18.1 Å². The minimum absolute atomic E-state index is 0.388. The summed E-state index contributed by atoms with van der Waals surface area (Å²) >= 11 is 0. The van der Waals surface area contributed by atoms with Crippen molar-refractivity contribution in [3.8, 4) is 0 Å². The molecule has 0 bridgehead atoms. The third kappa shape index (κ3) is 2.35. The molecule has 0 N–H and O–H groups in total. The molecule has 0 amide bonds. The van der Waals surface area contributed by atoms with Crippen molar-refractivity contribution in [1.82, 2.24) is 4.98 Å².